The fraction of sp³-hybridized carbons (Fsp3) is 0.351. The van der Waals surface area contributed by atoms with Crippen LogP contribution in [0.2, 0.25) is 0 Å². The van der Waals surface area contributed by atoms with Crippen LogP contribution in [0.1, 0.15) is 149 Å². The van der Waals surface area contributed by atoms with Gasteiger partial charge >= 0.3 is 0 Å². The van der Waals surface area contributed by atoms with Crippen LogP contribution in [0, 0.1) is 0 Å². The van der Waals surface area contributed by atoms with Gasteiger partial charge in [-0.15, -0.1) is 136 Å². The van der Waals surface area contributed by atoms with Crippen molar-refractivity contribution in [3.63, 3.8) is 0 Å². The Morgan fingerprint density at radius 1 is 0.265 bits per heavy atom. The summed E-state index contributed by atoms with van der Waals surface area (Å²) in [7, 11) is -10.9. The van der Waals surface area contributed by atoms with E-state index in [1.807, 2.05) is 48.0 Å². The van der Waals surface area contributed by atoms with E-state index in [0.717, 1.165) is 122 Å². The standard InChI is InChI=1S/C38H40N2O4S8.C36H37NO2S7/c1-3-5-6-7-8-9-10-11-12-13-20-40-26-19-22-46-36(26)38-34(52(40,43)44)24-32(50-38)30-17-15-28(48-30)27-14-16-29(47-27)31-23-33-37(49-31)35-25(18-21-45-35)39(4-2)51(33,41)42;1-2-3-4-5-6-7-8-9-10-11-20-37-25-23-32(30-18-16-28(42-30)26-14-12-21-40-26)44-35(25)36-34(46(37,38)39)24-33(45-36)31-19-17-29(43-31)27-15-13-22-41-27/h14-19,21-24H,3-13,20H2,1-2H3;12-19,21-24H,2-11,20H2,1H3. The van der Waals surface area contributed by atoms with E-state index in [-0.39, 0.29) is 0 Å². The van der Waals surface area contributed by atoms with E-state index >= 15 is 0 Å². The van der Waals surface area contributed by atoms with Gasteiger partial charge in [0.05, 0.1) is 46.3 Å². The molecule has 0 fully saturated rings. The zero-order valence-corrected chi connectivity index (χ0v) is 67.1. The summed E-state index contributed by atoms with van der Waals surface area (Å²) in [5, 5.41) is 8.18. The summed E-state index contributed by atoms with van der Waals surface area (Å²) >= 11 is 20.0. The summed E-state index contributed by atoms with van der Waals surface area (Å²) in [5.74, 6) is 0. The number of hydrogen-bond acceptors (Lipinski definition) is 18. The Balaban J connectivity index is 0.000000169. The fourth-order valence-corrected chi connectivity index (χ4v) is 32.5. The van der Waals surface area contributed by atoms with Crippen molar-refractivity contribution in [1.29, 1.82) is 0 Å². The third-order valence-corrected chi connectivity index (χ3v) is 38.4. The molecule has 15 rings (SSSR count). The van der Waals surface area contributed by atoms with Crippen molar-refractivity contribution in [2.24, 2.45) is 0 Å². The number of fused-ring (bicyclic) bond motifs is 9. The predicted molar refractivity (Wildman–Crippen MR) is 435 cm³/mol. The lowest BCUT2D eigenvalue weighted by Gasteiger charge is -2.28. The highest BCUT2D eigenvalue weighted by atomic mass is 32.2. The minimum Gasteiger partial charge on any atom is -0.265 e. The van der Waals surface area contributed by atoms with E-state index in [0.29, 0.717) is 34.3 Å². The average Bonchev–Trinajstić information content (AvgIpc) is 1.56. The van der Waals surface area contributed by atoms with Crippen LogP contribution in [0.15, 0.2) is 145 Å². The lowest BCUT2D eigenvalue weighted by atomic mass is 10.1. The number of anilines is 3. The third-order valence-electron chi connectivity index (χ3n) is 18.1. The van der Waals surface area contributed by atoms with Gasteiger partial charge in [-0.3, -0.25) is 12.9 Å². The molecule has 12 aromatic heterocycles. The first-order chi connectivity index (χ1) is 47.7. The van der Waals surface area contributed by atoms with Crippen molar-refractivity contribution >= 4 is 183 Å². The summed E-state index contributed by atoms with van der Waals surface area (Å²) in [6.45, 7) is 7.82. The Kier molecular flexibility index (Phi) is 22.6. The van der Waals surface area contributed by atoms with E-state index in [1.165, 1.54) is 125 Å². The van der Waals surface area contributed by atoms with Crippen LogP contribution in [-0.2, 0) is 30.1 Å². The van der Waals surface area contributed by atoms with E-state index in [2.05, 4.69) is 103 Å². The highest BCUT2D eigenvalue weighted by Crippen LogP contribution is 2.58. The van der Waals surface area contributed by atoms with Gasteiger partial charge in [-0.2, -0.15) is 0 Å². The second-order valence-electron chi connectivity index (χ2n) is 24.8. The van der Waals surface area contributed by atoms with Gasteiger partial charge in [-0.1, -0.05) is 142 Å². The molecule has 0 unspecified atom stereocenters. The van der Waals surface area contributed by atoms with Gasteiger partial charge in [-0.05, 0) is 138 Å². The van der Waals surface area contributed by atoms with Crippen molar-refractivity contribution < 1.29 is 25.3 Å². The average molecular weight is 1590 g/mol. The van der Waals surface area contributed by atoms with Crippen LogP contribution in [0.3, 0.4) is 0 Å². The number of nitrogens with zero attached hydrogens (tertiary/aromatic N) is 3. The molecular weight excluding hydrogens is 1510 g/mol. The molecule has 3 aliphatic heterocycles. The summed E-state index contributed by atoms with van der Waals surface area (Å²) in [6, 6.07) is 37.2. The van der Waals surface area contributed by atoms with Crippen molar-refractivity contribution in [1.82, 2.24) is 0 Å². The molecule has 0 atom stereocenters. The zero-order chi connectivity index (χ0) is 67.5. The minimum absolute atomic E-state index is 0.394. The fourth-order valence-electron chi connectivity index (χ4n) is 13.0. The van der Waals surface area contributed by atoms with Crippen molar-refractivity contribution in [2.45, 2.75) is 164 Å². The summed E-state index contributed by atoms with van der Waals surface area (Å²) in [4.78, 5) is 22.7. The molecule has 0 spiro atoms. The first-order valence-electron chi connectivity index (χ1n) is 34.0. The van der Waals surface area contributed by atoms with Gasteiger partial charge in [-0.25, -0.2) is 25.3 Å². The maximum Gasteiger partial charge on any atom is 0.265 e. The molecule has 0 N–H and O–H groups in total. The van der Waals surface area contributed by atoms with Gasteiger partial charge in [0.1, 0.15) is 14.7 Å². The molecule has 12 aromatic rings. The molecule has 24 heteroatoms. The van der Waals surface area contributed by atoms with Crippen LogP contribution < -0.4 is 12.9 Å². The number of unbranched alkanes of at least 4 members (excludes halogenated alkanes) is 18. The smallest absolute Gasteiger partial charge is 0.265 e. The van der Waals surface area contributed by atoms with E-state index in [9.17, 15) is 25.3 Å². The molecule has 514 valence electrons. The Labute approximate surface area is 626 Å². The van der Waals surface area contributed by atoms with Gasteiger partial charge < -0.3 is 0 Å². The van der Waals surface area contributed by atoms with E-state index in [1.54, 1.807) is 145 Å². The maximum atomic E-state index is 14.3. The summed E-state index contributed by atoms with van der Waals surface area (Å²) in [6.07, 6.45) is 24.4. The molecule has 0 aromatic carbocycles. The highest BCUT2D eigenvalue weighted by Gasteiger charge is 2.41. The largest absolute Gasteiger partial charge is 0.265 e. The molecule has 9 nitrogen and oxygen atoms in total. The van der Waals surface area contributed by atoms with Crippen molar-refractivity contribution in [3.05, 3.63) is 131 Å². The normalized spacial score (nSPS) is 14.6. The Morgan fingerprint density at radius 3 is 0.939 bits per heavy atom. The molecular formula is C74H77N3O6S15. The Bertz CT molecular complexity index is 5010. The first-order valence-corrected chi connectivity index (χ1v) is 48.4. The quantitative estimate of drug-likeness (QED) is 0.0415. The Hall–Kier alpha value is -4.35. The van der Waals surface area contributed by atoms with Gasteiger partial charge in [0.25, 0.3) is 30.1 Å². The molecule has 15 heterocycles. The van der Waals surface area contributed by atoms with Crippen LogP contribution in [0.5, 0.6) is 0 Å². The van der Waals surface area contributed by atoms with Gasteiger partial charge in [0.15, 0.2) is 0 Å². The lowest BCUT2D eigenvalue weighted by molar-refractivity contribution is 0.554. The molecule has 0 bridgehead atoms. The molecule has 0 radical (unpaired) electrons. The molecule has 0 saturated carbocycles. The van der Waals surface area contributed by atoms with Crippen LogP contribution >= 0.6 is 136 Å². The van der Waals surface area contributed by atoms with E-state index in [4.69, 9.17) is 0 Å². The van der Waals surface area contributed by atoms with Crippen LogP contribution in [0.4, 0.5) is 17.1 Å². The lowest BCUT2D eigenvalue weighted by Crippen LogP contribution is -2.34. The van der Waals surface area contributed by atoms with Crippen LogP contribution in [0.25, 0.3) is 97.5 Å². The van der Waals surface area contributed by atoms with Crippen LogP contribution in [-0.4, -0.2) is 44.9 Å². The molecule has 3 aliphatic rings. The number of sulfonamides is 3. The van der Waals surface area contributed by atoms with Crippen molar-refractivity contribution in [3.8, 4) is 97.5 Å². The highest BCUT2D eigenvalue weighted by molar-refractivity contribution is 7.94. The van der Waals surface area contributed by atoms with E-state index < -0.39 is 30.1 Å². The number of hydrogen-bond donors (Lipinski definition) is 0. The molecule has 0 aliphatic carbocycles. The maximum absolute atomic E-state index is 14.3. The topological polar surface area (TPSA) is 112 Å². The predicted octanol–water partition coefficient (Wildman–Crippen LogP) is 27.2. The first kappa shape index (κ1) is 70.7. The summed E-state index contributed by atoms with van der Waals surface area (Å²) < 4.78 is 88.8. The summed E-state index contributed by atoms with van der Waals surface area (Å²) in [5.41, 5.74) is 2.44. The Morgan fingerprint density at radius 2 is 0.571 bits per heavy atom. The van der Waals surface area contributed by atoms with Gasteiger partial charge in [0, 0.05) is 87.9 Å². The SMILES string of the molecule is CCCCCCCCCCCCN1c2cc(-c3ccc(-c4cccs4)s3)sc2-c2sc(-c3ccc(-c4cccs4)s3)cc2S1(=O)=O.CCCCCCCCCCCCN1c2ccsc2-c2sc(-c3ccc(-c4ccc(-c5cc6c(s5)-c5sccc5N(CC)S6(=O)=O)s4)s3)cc2S1(=O)=O. The molecule has 0 amide bonds. The second-order valence-corrected chi connectivity index (χ2v) is 42.6. The molecule has 98 heavy (non-hydrogen) atoms. The number of rotatable bonds is 30. The second kappa shape index (κ2) is 31.3. The molecule has 0 saturated heterocycles. The van der Waals surface area contributed by atoms with Crippen molar-refractivity contribution in [2.75, 3.05) is 32.5 Å². The third kappa shape index (κ3) is 14.5. The van der Waals surface area contributed by atoms with Gasteiger partial charge in [0.2, 0.25) is 0 Å². The monoisotopic (exact) mass is 1580 g/mol. The zero-order valence-electron chi connectivity index (χ0n) is 54.9. The minimum atomic E-state index is -3.67. The number of thiophene rings is 12.